The van der Waals surface area contributed by atoms with Gasteiger partial charge in [0.2, 0.25) is 0 Å². The minimum atomic E-state index is -0.304. The predicted octanol–water partition coefficient (Wildman–Crippen LogP) is 10.8. The zero-order chi connectivity index (χ0) is 34.6. The predicted molar refractivity (Wildman–Crippen MR) is 218 cm³/mol. The van der Waals surface area contributed by atoms with Gasteiger partial charge in [-0.15, -0.1) is 0 Å². The number of rotatable bonds is 3. The molecule has 0 spiro atoms. The Kier molecular flexibility index (Phi) is 5.83. The molecular formula is C48H29BN2O2. The quantitative estimate of drug-likeness (QED) is 0.174. The summed E-state index contributed by atoms with van der Waals surface area (Å²) in [6.45, 7) is -0.304. The van der Waals surface area contributed by atoms with Crippen molar-refractivity contribution in [3.8, 4) is 50.9 Å². The van der Waals surface area contributed by atoms with Crippen LogP contribution in [0.1, 0.15) is 0 Å². The van der Waals surface area contributed by atoms with Gasteiger partial charge in [-0.3, -0.25) is 0 Å². The minimum Gasteiger partial charge on any atom is -0.551 e. The van der Waals surface area contributed by atoms with Crippen LogP contribution in [0.15, 0.2) is 176 Å². The van der Waals surface area contributed by atoms with Gasteiger partial charge >= 0.3 is 6.92 Å². The summed E-state index contributed by atoms with van der Waals surface area (Å²) in [6, 6.07) is 62.8. The average molecular weight is 677 g/mol. The maximum atomic E-state index is 7.03. The number of aromatic nitrogens is 2. The van der Waals surface area contributed by atoms with Crippen LogP contribution in [0, 0.1) is 0 Å². The Hall–Kier alpha value is -6.98. The second kappa shape index (κ2) is 10.8. The van der Waals surface area contributed by atoms with E-state index in [0.29, 0.717) is 0 Å². The van der Waals surface area contributed by atoms with Gasteiger partial charge in [0.25, 0.3) is 0 Å². The summed E-state index contributed by atoms with van der Waals surface area (Å²) in [7, 11) is 0. The maximum Gasteiger partial charge on any atom is 0.434 e. The van der Waals surface area contributed by atoms with E-state index in [9.17, 15) is 0 Å². The van der Waals surface area contributed by atoms with Crippen LogP contribution in [-0.2, 0) is 0 Å². The monoisotopic (exact) mass is 676 g/mol. The first-order chi connectivity index (χ1) is 26.3. The smallest absolute Gasteiger partial charge is 0.434 e. The summed E-state index contributed by atoms with van der Waals surface area (Å²) in [4.78, 5) is 0. The van der Waals surface area contributed by atoms with E-state index in [-0.39, 0.29) is 6.92 Å². The highest BCUT2D eigenvalue weighted by molar-refractivity contribution is 6.84. The normalized spacial score (nSPS) is 12.8. The molecule has 4 nitrogen and oxygen atoms in total. The first kappa shape index (κ1) is 28.7. The molecule has 0 unspecified atom stereocenters. The Morgan fingerprint density at radius 1 is 0.396 bits per heavy atom. The summed E-state index contributed by atoms with van der Waals surface area (Å²) in [5.74, 6) is 2.53. The number of para-hydroxylation sites is 5. The molecule has 2 aliphatic heterocycles. The highest BCUT2D eigenvalue weighted by Gasteiger charge is 2.41. The molecule has 5 heteroatoms. The fourth-order valence-electron chi connectivity index (χ4n) is 8.94. The molecule has 0 saturated heterocycles. The van der Waals surface area contributed by atoms with Crippen LogP contribution in [0.3, 0.4) is 0 Å². The fourth-order valence-corrected chi connectivity index (χ4v) is 8.94. The van der Waals surface area contributed by atoms with Crippen molar-refractivity contribution in [2.24, 2.45) is 0 Å². The van der Waals surface area contributed by atoms with Gasteiger partial charge in [-0.2, -0.15) is 0 Å². The second-order valence-electron chi connectivity index (χ2n) is 14.0. The highest BCUT2D eigenvalue weighted by Crippen LogP contribution is 2.43. The molecule has 12 rings (SSSR count). The topological polar surface area (TPSA) is 28.3 Å². The first-order valence-corrected chi connectivity index (χ1v) is 18.1. The molecule has 0 amide bonds. The Morgan fingerprint density at radius 2 is 0.962 bits per heavy atom. The number of hydrogen-bond donors (Lipinski definition) is 0. The lowest BCUT2D eigenvalue weighted by atomic mass is 9.51. The van der Waals surface area contributed by atoms with E-state index >= 15 is 0 Å². The van der Waals surface area contributed by atoms with Crippen LogP contribution < -0.4 is 20.3 Å². The van der Waals surface area contributed by atoms with E-state index in [1.807, 2.05) is 0 Å². The molecule has 0 aliphatic carbocycles. The Morgan fingerprint density at radius 3 is 1.64 bits per heavy atom. The summed E-state index contributed by atoms with van der Waals surface area (Å²) < 4.78 is 18.4. The lowest BCUT2D eigenvalue weighted by Gasteiger charge is -2.33. The number of hydrogen-bond acceptors (Lipinski definition) is 2. The van der Waals surface area contributed by atoms with E-state index in [1.165, 1.54) is 43.6 Å². The molecule has 53 heavy (non-hydrogen) atoms. The third kappa shape index (κ3) is 4.02. The van der Waals surface area contributed by atoms with E-state index in [1.54, 1.807) is 0 Å². The molecule has 0 saturated carbocycles. The van der Waals surface area contributed by atoms with Crippen molar-refractivity contribution in [3.63, 3.8) is 0 Å². The zero-order valence-electron chi connectivity index (χ0n) is 28.5. The van der Waals surface area contributed by atoms with Crippen molar-refractivity contribution in [1.82, 2.24) is 9.13 Å². The van der Waals surface area contributed by atoms with E-state index in [0.717, 1.165) is 61.8 Å². The molecule has 8 aromatic carbocycles. The SMILES string of the molecule is c1ccc(-n2c3ccccc3c3ccccc32)c(-c2ccc3c(c2)-c2cccc4c2B(O3)c2cc(-n3c5ccccc5c5ccccc53)ccc2O4)c1. The first-order valence-electron chi connectivity index (χ1n) is 18.1. The van der Waals surface area contributed by atoms with Crippen LogP contribution in [0.4, 0.5) is 0 Å². The van der Waals surface area contributed by atoms with Crippen LogP contribution in [-0.4, -0.2) is 16.0 Å². The van der Waals surface area contributed by atoms with Gasteiger partial charge < -0.3 is 18.5 Å². The molecule has 0 fully saturated rings. The van der Waals surface area contributed by atoms with Crippen molar-refractivity contribution in [1.29, 1.82) is 0 Å². The van der Waals surface area contributed by atoms with Gasteiger partial charge in [0.1, 0.15) is 17.2 Å². The van der Waals surface area contributed by atoms with Crippen LogP contribution in [0.5, 0.6) is 17.2 Å². The van der Waals surface area contributed by atoms with Gasteiger partial charge in [-0.25, -0.2) is 0 Å². The van der Waals surface area contributed by atoms with Gasteiger partial charge in [-0.05, 0) is 77.9 Å². The molecule has 0 atom stereocenters. The van der Waals surface area contributed by atoms with Gasteiger partial charge in [0.15, 0.2) is 0 Å². The Labute approximate surface area is 305 Å². The second-order valence-corrected chi connectivity index (χ2v) is 14.0. The summed E-state index contributed by atoms with van der Waals surface area (Å²) in [6.07, 6.45) is 0. The lowest BCUT2D eigenvalue weighted by Crippen LogP contribution is -2.53. The molecule has 2 aliphatic rings. The summed E-state index contributed by atoms with van der Waals surface area (Å²) >= 11 is 0. The van der Waals surface area contributed by atoms with Crippen LogP contribution in [0.25, 0.3) is 77.2 Å². The Bertz CT molecular complexity index is 3050. The van der Waals surface area contributed by atoms with Gasteiger partial charge in [0.05, 0.1) is 27.8 Å². The van der Waals surface area contributed by atoms with Crippen molar-refractivity contribution in [2.45, 2.75) is 0 Å². The molecule has 0 bridgehead atoms. The number of ether oxygens (including phenoxy) is 1. The fraction of sp³-hybridized carbons (Fsp3) is 0. The molecule has 246 valence electrons. The molecule has 0 N–H and O–H groups in total. The number of nitrogens with zero attached hydrogens (tertiary/aromatic N) is 2. The van der Waals surface area contributed by atoms with E-state index in [2.05, 4.69) is 185 Å². The molecule has 2 aromatic heterocycles. The molecule has 0 radical (unpaired) electrons. The van der Waals surface area contributed by atoms with Crippen LogP contribution >= 0.6 is 0 Å². The molecular weight excluding hydrogens is 647 g/mol. The van der Waals surface area contributed by atoms with Crippen molar-refractivity contribution < 1.29 is 9.39 Å². The summed E-state index contributed by atoms with van der Waals surface area (Å²) in [5.41, 5.74) is 13.5. The largest absolute Gasteiger partial charge is 0.551 e. The van der Waals surface area contributed by atoms with Crippen molar-refractivity contribution in [2.75, 3.05) is 0 Å². The molecule has 4 heterocycles. The Balaban J connectivity index is 1.00. The standard InChI is InChI=1S/C48H29BN2O2/c1-6-18-40(51-43-21-9-4-15-35(43)36-16-5-10-22-44(36)51)32(12-1)30-24-26-45-38(28-30)37-17-11-23-47-48(37)49(53-45)39-29-31(25-27-46(39)52-47)50-41-19-7-2-13-33(41)34-14-3-8-20-42(34)50/h1-29H. The van der Waals surface area contributed by atoms with Crippen LogP contribution in [0.2, 0.25) is 0 Å². The average Bonchev–Trinajstić information content (AvgIpc) is 3.74. The van der Waals surface area contributed by atoms with Crippen molar-refractivity contribution in [3.05, 3.63) is 176 Å². The van der Waals surface area contributed by atoms with Gasteiger partial charge in [0, 0.05) is 49.3 Å². The number of benzene rings is 8. The third-order valence-electron chi connectivity index (χ3n) is 11.2. The maximum absolute atomic E-state index is 7.03. The lowest BCUT2D eigenvalue weighted by molar-refractivity contribution is 0.479. The third-order valence-corrected chi connectivity index (χ3v) is 11.2. The zero-order valence-corrected chi connectivity index (χ0v) is 28.5. The summed E-state index contributed by atoms with van der Waals surface area (Å²) in [5, 5.41) is 4.98. The van der Waals surface area contributed by atoms with Crippen molar-refractivity contribution >= 4 is 61.5 Å². The van der Waals surface area contributed by atoms with E-state index in [4.69, 9.17) is 9.39 Å². The number of fused-ring (bicyclic) bond motifs is 10. The van der Waals surface area contributed by atoms with Gasteiger partial charge in [-0.1, -0.05) is 109 Å². The minimum absolute atomic E-state index is 0.304. The molecule has 10 aromatic rings. The van der Waals surface area contributed by atoms with E-state index < -0.39 is 0 Å². The highest BCUT2D eigenvalue weighted by atomic mass is 16.5.